The van der Waals surface area contributed by atoms with Crippen molar-refractivity contribution in [3.05, 3.63) is 0 Å². The predicted molar refractivity (Wildman–Crippen MR) is 34.2 cm³/mol. The Kier molecular flexibility index (Phi) is 5.21. The molecule has 0 N–H and O–H groups in total. The van der Waals surface area contributed by atoms with Crippen molar-refractivity contribution in [1.82, 2.24) is 5.32 Å². The van der Waals surface area contributed by atoms with Crippen molar-refractivity contribution < 1.29 is 9.53 Å². The second-order valence-electron chi connectivity index (χ2n) is 1.75. The van der Waals surface area contributed by atoms with Gasteiger partial charge in [-0.25, -0.2) is 0 Å². The van der Waals surface area contributed by atoms with E-state index in [9.17, 15) is 4.79 Å². The molecule has 0 aliphatic rings. The highest BCUT2D eigenvalue weighted by molar-refractivity contribution is 5.72. The highest BCUT2D eigenvalue weighted by atomic mass is 16.5. The average molecular weight is 130 g/mol. The van der Waals surface area contributed by atoms with Crippen LogP contribution in [0.25, 0.3) is 0 Å². The number of hydrogen-bond acceptors (Lipinski definition) is 2. The maximum absolute atomic E-state index is 10.2. The molecule has 3 nitrogen and oxygen atoms in total. The molecule has 0 saturated heterocycles. The normalized spacial score (nSPS) is 9.11. The monoisotopic (exact) mass is 130 g/mol. The van der Waals surface area contributed by atoms with E-state index < -0.39 is 0 Å². The molecule has 0 aliphatic carbocycles. The average Bonchev–Trinajstić information content (AvgIpc) is 1.80. The largest absolute Gasteiger partial charge is 0.385 e. The highest BCUT2D eigenvalue weighted by Gasteiger charge is 1.90. The van der Waals surface area contributed by atoms with Crippen LogP contribution >= 0.6 is 0 Å². The summed E-state index contributed by atoms with van der Waals surface area (Å²) >= 11 is 0. The smallest absolute Gasteiger partial charge is 0.238 e. The topological polar surface area (TPSA) is 40.4 Å². The van der Waals surface area contributed by atoms with Crippen LogP contribution in [-0.2, 0) is 9.53 Å². The van der Waals surface area contributed by atoms with Gasteiger partial charge in [-0.15, -0.1) is 0 Å². The summed E-state index contributed by atoms with van der Waals surface area (Å²) in [7, 11) is 1.63. The molecule has 0 aliphatic heterocycles. The minimum atomic E-state index is -0.105. The number of rotatable bonds is 4. The van der Waals surface area contributed by atoms with Gasteiger partial charge in [0.05, 0.1) is 0 Å². The molecule has 0 aromatic carbocycles. The summed E-state index contributed by atoms with van der Waals surface area (Å²) in [5, 5.41) is 3.64. The first-order valence-electron chi connectivity index (χ1n) is 2.94. The molecule has 9 heavy (non-hydrogen) atoms. The highest BCUT2D eigenvalue weighted by Crippen LogP contribution is 1.77. The van der Waals surface area contributed by atoms with Crippen molar-refractivity contribution in [1.29, 1.82) is 0 Å². The van der Waals surface area contributed by atoms with Crippen LogP contribution in [0.15, 0.2) is 0 Å². The fourth-order valence-electron chi connectivity index (χ4n) is 0.445. The van der Waals surface area contributed by atoms with Gasteiger partial charge in [0.15, 0.2) is 0 Å². The summed E-state index contributed by atoms with van der Waals surface area (Å²) in [4.78, 5) is 10.2. The molecule has 0 unspecified atom stereocenters. The zero-order valence-electron chi connectivity index (χ0n) is 5.89. The summed E-state index contributed by atoms with van der Waals surface area (Å²) in [6.07, 6.45) is 0.829. The van der Waals surface area contributed by atoms with E-state index in [1.54, 1.807) is 7.11 Å². The molecule has 1 radical (unpaired) electrons. The fraction of sp³-hybridized carbons (Fsp3) is 0.833. The Morgan fingerprint density at radius 1 is 1.67 bits per heavy atom. The third-order valence-corrected chi connectivity index (χ3v) is 0.841. The predicted octanol–water partition coefficient (Wildman–Crippen LogP) is 0.174. The van der Waals surface area contributed by atoms with Crippen molar-refractivity contribution in [2.45, 2.75) is 13.3 Å². The van der Waals surface area contributed by atoms with E-state index in [2.05, 4.69) is 5.32 Å². The van der Waals surface area contributed by atoms with Crippen LogP contribution in [0.3, 0.4) is 0 Å². The molecule has 53 valence electrons. The first-order chi connectivity index (χ1) is 4.27. The molecule has 3 heteroatoms. The van der Waals surface area contributed by atoms with Gasteiger partial charge in [-0.2, -0.15) is 0 Å². The maximum atomic E-state index is 10.2. The van der Waals surface area contributed by atoms with Crippen LogP contribution in [-0.4, -0.2) is 26.2 Å². The molecule has 0 aromatic heterocycles. The summed E-state index contributed by atoms with van der Waals surface area (Å²) in [6.45, 7) is 2.72. The van der Waals surface area contributed by atoms with Crippen LogP contribution in [0.1, 0.15) is 13.3 Å². The zero-order chi connectivity index (χ0) is 7.11. The Labute approximate surface area is 55.4 Å². The van der Waals surface area contributed by atoms with E-state index >= 15 is 0 Å². The summed E-state index contributed by atoms with van der Waals surface area (Å²) in [5.41, 5.74) is 0. The number of methoxy groups -OCH3 is 1. The van der Waals surface area contributed by atoms with Gasteiger partial charge >= 0.3 is 0 Å². The first kappa shape index (κ1) is 8.43. The third-order valence-electron chi connectivity index (χ3n) is 0.841. The Hall–Kier alpha value is -0.570. The standard InChI is InChI=1S/C6H12NO2/c1-6(8)7-4-3-5-9-2/h3-5H2,1-2H3. The van der Waals surface area contributed by atoms with Gasteiger partial charge in [0.25, 0.3) is 0 Å². The Bertz CT molecular complexity index is 83.1. The molecule has 0 spiro atoms. The van der Waals surface area contributed by atoms with Gasteiger partial charge in [-0.3, -0.25) is 10.1 Å². The van der Waals surface area contributed by atoms with Gasteiger partial charge < -0.3 is 4.74 Å². The van der Waals surface area contributed by atoms with E-state index in [1.807, 2.05) is 0 Å². The lowest BCUT2D eigenvalue weighted by Gasteiger charge is -1.96. The number of ether oxygens (including phenoxy) is 1. The minimum absolute atomic E-state index is 0.105. The second-order valence-corrected chi connectivity index (χ2v) is 1.75. The van der Waals surface area contributed by atoms with Crippen LogP contribution in [0.4, 0.5) is 0 Å². The van der Waals surface area contributed by atoms with Gasteiger partial charge in [0.2, 0.25) is 5.91 Å². The number of hydrogen-bond donors (Lipinski definition) is 0. The number of amides is 1. The van der Waals surface area contributed by atoms with Gasteiger partial charge in [-0.05, 0) is 6.42 Å². The molecule has 1 amide bonds. The lowest BCUT2D eigenvalue weighted by molar-refractivity contribution is -0.119. The van der Waals surface area contributed by atoms with E-state index in [0.717, 1.165) is 6.42 Å². The van der Waals surface area contributed by atoms with Gasteiger partial charge in [-0.1, -0.05) is 0 Å². The van der Waals surface area contributed by atoms with E-state index in [0.29, 0.717) is 13.2 Å². The Morgan fingerprint density at radius 2 is 2.33 bits per heavy atom. The van der Waals surface area contributed by atoms with Gasteiger partial charge in [0, 0.05) is 27.2 Å². The number of carbonyl (C=O) groups excluding carboxylic acids is 1. The molecular formula is C6H12NO2. The quantitative estimate of drug-likeness (QED) is 0.509. The molecule has 0 aromatic rings. The van der Waals surface area contributed by atoms with Crippen molar-refractivity contribution in [2.75, 3.05) is 20.3 Å². The minimum Gasteiger partial charge on any atom is -0.385 e. The van der Waals surface area contributed by atoms with E-state index in [1.165, 1.54) is 6.92 Å². The van der Waals surface area contributed by atoms with Crippen molar-refractivity contribution >= 4 is 5.91 Å². The molecule has 0 heterocycles. The molecule has 0 bridgehead atoms. The lowest BCUT2D eigenvalue weighted by atomic mass is 10.4. The van der Waals surface area contributed by atoms with Crippen molar-refractivity contribution in [3.63, 3.8) is 0 Å². The third kappa shape index (κ3) is 7.43. The van der Waals surface area contributed by atoms with E-state index in [-0.39, 0.29) is 5.91 Å². The number of nitrogens with zero attached hydrogens (tertiary/aromatic N) is 1. The molecular weight excluding hydrogens is 118 g/mol. The zero-order valence-corrected chi connectivity index (χ0v) is 5.89. The molecule has 0 rings (SSSR count). The van der Waals surface area contributed by atoms with Gasteiger partial charge in [0.1, 0.15) is 0 Å². The van der Waals surface area contributed by atoms with Crippen LogP contribution in [0, 0.1) is 0 Å². The summed E-state index contributed by atoms with van der Waals surface area (Å²) < 4.78 is 4.75. The van der Waals surface area contributed by atoms with Crippen LogP contribution in [0.5, 0.6) is 0 Å². The summed E-state index contributed by atoms with van der Waals surface area (Å²) in [6, 6.07) is 0. The van der Waals surface area contributed by atoms with Crippen LogP contribution < -0.4 is 5.32 Å². The number of carbonyl (C=O) groups is 1. The maximum Gasteiger partial charge on any atom is 0.238 e. The fourth-order valence-corrected chi connectivity index (χ4v) is 0.445. The van der Waals surface area contributed by atoms with Crippen molar-refractivity contribution in [3.8, 4) is 0 Å². The van der Waals surface area contributed by atoms with Crippen molar-refractivity contribution in [2.24, 2.45) is 0 Å². The van der Waals surface area contributed by atoms with E-state index in [4.69, 9.17) is 4.74 Å². The SMILES string of the molecule is COCCC[N]C(C)=O. The molecule has 0 saturated carbocycles. The Balaban J connectivity index is 2.83. The first-order valence-corrected chi connectivity index (χ1v) is 2.94. The van der Waals surface area contributed by atoms with Crippen LogP contribution in [0.2, 0.25) is 0 Å². The molecule has 0 fully saturated rings. The second kappa shape index (κ2) is 5.56. The molecule has 0 atom stereocenters. The Morgan fingerprint density at radius 3 is 2.78 bits per heavy atom. The summed E-state index contributed by atoms with van der Waals surface area (Å²) in [5.74, 6) is -0.105. The lowest BCUT2D eigenvalue weighted by Crippen LogP contribution is -2.13.